The standard InChI is InChI=1S/C9H18O/c1-5-7-8(10)9(3,4)6-2/h7,10H,5-6H2,1-4H3/b8-7+. The van der Waals surface area contributed by atoms with Gasteiger partial charge in [-0.15, -0.1) is 0 Å². The molecule has 1 nitrogen and oxygen atoms in total. The van der Waals surface area contributed by atoms with E-state index in [4.69, 9.17) is 0 Å². The van der Waals surface area contributed by atoms with Crippen LogP contribution in [-0.4, -0.2) is 5.11 Å². The summed E-state index contributed by atoms with van der Waals surface area (Å²) in [7, 11) is 0. The molecule has 0 aromatic rings. The Morgan fingerprint density at radius 3 is 2.20 bits per heavy atom. The first-order chi connectivity index (χ1) is 4.54. The van der Waals surface area contributed by atoms with E-state index in [1.807, 2.05) is 13.0 Å². The first-order valence-corrected chi connectivity index (χ1v) is 3.94. The molecule has 0 saturated carbocycles. The maximum Gasteiger partial charge on any atom is 0.0938 e. The molecule has 0 unspecified atom stereocenters. The number of aliphatic hydroxyl groups is 1. The van der Waals surface area contributed by atoms with E-state index in [9.17, 15) is 5.11 Å². The summed E-state index contributed by atoms with van der Waals surface area (Å²) >= 11 is 0. The molecule has 0 aliphatic carbocycles. The third-order valence-corrected chi connectivity index (χ3v) is 1.97. The zero-order valence-corrected chi connectivity index (χ0v) is 7.44. The Bertz CT molecular complexity index is 123. The maximum absolute atomic E-state index is 9.44. The van der Waals surface area contributed by atoms with Gasteiger partial charge in [-0.25, -0.2) is 0 Å². The van der Waals surface area contributed by atoms with Crippen molar-refractivity contribution in [2.24, 2.45) is 5.41 Å². The van der Waals surface area contributed by atoms with Crippen LogP contribution in [0.25, 0.3) is 0 Å². The molecular weight excluding hydrogens is 124 g/mol. The van der Waals surface area contributed by atoms with Gasteiger partial charge in [0.25, 0.3) is 0 Å². The molecular formula is C9H18O. The summed E-state index contributed by atoms with van der Waals surface area (Å²) in [6.07, 6.45) is 3.77. The minimum atomic E-state index is -0.0317. The fourth-order valence-corrected chi connectivity index (χ4v) is 0.651. The van der Waals surface area contributed by atoms with Crippen LogP contribution in [0.3, 0.4) is 0 Å². The SMILES string of the molecule is CC/C=C(/O)C(C)(C)CC. The van der Waals surface area contributed by atoms with Crippen LogP contribution >= 0.6 is 0 Å². The van der Waals surface area contributed by atoms with Crippen molar-refractivity contribution in [3.05, 3.63) is 11.8 Å². The second-order valence-electron chi connectivity index (χ2n) is 3.24. The summed E-state index contributed by atoms with van der Waals surface area (Å²) in [6.45, 7) is 8.21. The summed E-state index contributed by atoms with van der Waals surface area (Å²) in [4.78, 5) is 0. The van der Waals surface area contributed by atoms with Gasteiger partial charge in [0, 0.05) is 5.41 Å². The van der Waals surface area contributed by atoms with Gasteiger partial charge < -0.3 is 5.11 Å². The van der Waals surface area contributed by atoms with Crippen LogP contribution in [-0.2, 0) is 0 Å². The summed E-state index contributed by atoms with van der Waals surface area (Å²) < 4.78 is 0. The van der Waals surface area contributed by atoms with Gasteiger partial charge in [0.05, 0.1) is 5.76 Å². The van der Waals surface area contributed by atoms with Gasteiger partial charge in [0.1, 0.15) is 0 Å². The molecule has 0 saturated heterocycles. The molecule has 0 spiro atoms. The van der Waals surface area contributed by atoms with Crippen LogP contribution in [0.4, 0.5) is 0 Å². The van der Waals surface area contributed by atoms with E-state index in [0.29, 0.717) is 5.76 Å². The predicted octanol–water partition coefficient (Wildman–Crippen LogP) is 3.27. The number of hydrogen-bond donors (Lipinski definition) is 1. The monoisotopic (exact) mass is 142 g/mol. The molecule has 0 amide bonds. The van der Waals surface area contributed by atoms with Crippen LogP contribution < -0.4 is 0 Å². The van der Waals surface area contributed by atoms with E-state index in [0.717, 1.165) is 12.8 Å². The zero-order valence-electron chi connectivity index (χ0n) is 7.44. The first kappa shape index (κ1) is 9.54. The molecule has 0 aromatic carbocycles. The Hall–Kier alpha value is -0.460. The van der Waals surface area contributed by atoms with Gasteiger partial charge in [0.2, 0.25) is 0 Å². The second kappa shape index (κ2) is 3.65. The Morgan fingerprint density at radius 2 is 1.90 bits per heavy atom. The van der Waals surface area contributed by atoms with Crippen LogP contribution in [0.5, 0.6) is 0 Å². The Kier molecular flexibility index (Phi) is 3.48. The Labute approximate surface area is 63.8 Å². The van der Waals surface area contributed by atoms with Crippen LogP contribution in [0.1, 0.15) is 40.5 Å². The van der Waals surface area contributed by atoms with E-state index in [1.54, 1.807) is 0 Å². The summed E-state index contributed by atoms with van der Waals surface area (Å²) in [5.74, 6) is 0.525. The van der Waals surface area contributed by atoms with Crippen LogP contribution in [0, 0.1) is 5.41 Å². The number of aliphatic hydroxyl groups excluding tert-OH is 1. The van der Waals surface area contributed by atoms with Crippen molar-refractivity contribution in [3.63, 3.8) is 0 Å². The van der Waals surface area contributed by atoms with Crippen molar-refractivity contribution in [2.75, 3.05) is 0 Å². The Morgan fingerprint density at radius 1 is 1.40 bits per heavy atom. The van der Waals surface area contributed by atoms with Crippen LogP contribution in [0.15, 0.2) is 11.8 Å². The minimum Gasteiger partial charge on any atom is -0.512 e. The van der Waals surface area contributed by atoms with E-state index >= 15 is 0 Å². The molecule has 0 heterocycles. The molecule has 0 atom stereocenters. The normalized spacial score (nSPS) is 13.8. The van der Waals surface area contributed by atoms with Crippen molar-refractivity contribution in [3.8, 4) is 0 Å². The molecule has 0 rings (SSSR count). The maximum atomic E-state index is 9.44. The third-order valence-electron chi connectivity index (χ3n) is 1.97. The van der Waals surface area contributed by atoms with Gasteiger partial charge in [-0.2, -0.15) is 0 Å². The van der Waals surface area contributed by atoms with E-state index in [1.165, 1.54) is 0 Å². The van der Waals surface area contributed by atoms with Gasteiger partial charge in [-0.3, -0.25) is 0 Å². The lowest BCUT2D eigenvalue weighted by atomic mass is 9.87. The predicted molar refractivity (Wildman–Crippen MR) is 45.1 cm³/mol. The topological polar surface area (TPSA) is 20.2 Å². The van der Waals surface area contributed by atoms with Gasteiger partial charge in [-0.1, -0.05) is 27.7 Å². The number of rotatable bonds is 3. The smallest absolute Gasteiger partial charge is 0.0938 e. The lowest BCUT2D eigenvalue weighted by molar-refractivity contribution is 0.249. The van der Waals surface area contributed by atoms with Gasteiger partial charge in [-0.05, 0) is 18.9 Å². The average molecular weight is 142 g/mol. The molecule has 0 bridgehead atoms. The van der Waals surface area contributed by atoms with Crippen molar-refractivity contribution in [1.29, 1.82) is 0 Å². The third kappa shape index (κ3) is 2.42. The van der Waals surface area contributed by atoms with Crippen molar-refractivity contribution in [1.82, 2.24) is 0 Å². The van der Waals surface area contributed by atoms with Crippen molar-refractivity contribution < 1.29 is 5.11 Å². The highest BCUT2D eigenvalue weighted by Gasteiger charge is 2.19. The molecule has 1 N–H and O–H groups in total. The highest BCUT2D eigenvalue weighted by atomic mass is 16.3. The lowest BCUT2D eigenvalue weighted by Crippen LogP contribution is -2.12. The van der Waals surface area contributed by atoms with Crippen molar-refractivity contribution >= 4 is 0 Å². The van der Waals surface area contributed by atoms with Gasteiger partial charge in [0.15, 0.2) is 0 Å². The minimum absolute atomic E-state index is 0.0317. The zero-order chi connectivity index (χ0) is 8.20. The summed E-state index contributed by atoms with van der Waals surface area (Å²) in [6, 6.07) is 0. The summed E-state index contributed by atoms with van der Waals surface area (Å²) in [5, 5.41) is 9.44. The van der Waals surface area contributed by atoms with Crippen LogP contribution in [0.2, 0.25) is 0 Å². The Balaban J connectivity index is 4.17. The molecule has 60 valence electrons. The van der Waals surface area contributed by atoms with Crippen molar-refractivity contribution in [2.45, 2.75) is 40.5 Å². The highest BCUT2D eigenvalue weighted by molar-refractivity contribution is 5.01. The van der Waals surface area contributed by atoms with Gasteiger partial charge >= 0.3 is 0 Å². The molecule has 10 heavy (non-hydrogen) atoms. The van der Waals surface area contributed by atoms with E-state index in [2.05, 4.69) is 20.8 Å². The largest absolute Gasteiger partial charge is 0.512 e. The fraction of sp³-hybridized carbons (Fsp3) is 0.778. The molecule has 0 aromatic heterocycles. The highest BCUT2D eigenvalue weighted by Crippen LogP contribution is 2.27. The van der Waals surface area contributed by atoms with E-state index in [-0.39, 0.29) is 5.41 Å². The lowest BCUT2D eigenvalue weighted by Gasteiger charge is -2.21. The second-order valence-corrected chi connectivity index (χ2v) is 3.24. The van der Waals surface area contributed by atoms with E-state index < -0.39 is 0 Å². The molecule has 1 heteroatoms. The quantitative estimate of drug-likeness (QED) is 0.599. The molecule has 0 fully saturated rings. The molecule has 0 aliphatic heterocycles. The summed E-state index contributed by atoms with van der Waals surface area (Å²) in [5.41, 5.74) is -0.0317. The number of hydrogen-bond acceptors (Lipinski definition) is 1. The molecule has 0 aliphatic rings. The molecule has 0 radical (unpaired) electrons. The fourth-order valence-electron chi connectivity index (χ4n) is 0.651. The average Bonchev–Trinajstić information content (AvgIpc) is 1.89. The number of allylic oxidation sites excluding steroid dienone is 2. The first-order valence-electron chi connectivity index (χ1n) is 3.94.